The fourth-order valence-corrected chi connectivity index (χ4v) is 21.7. The van der Waals surface area contributed by atoms with Gasteiger partial charge in [-0.25, -0.2) is 29.0 Å². The highest BCUT2D eigenvalue weighted by atomic mass is 32.1. The molecule has 0 unspecified atom stereocenters. The Bertz CT molecular complexity index is 8330. The van der Waals surface area contributed by atoms with Crippen LogP contribution in [0.25, 0.3) is 137 Å². The number of aryl methyl sites for hydroxylation is 2. The SMILES string of the molecule is C[Si](C)(C)c1cc(Cc2cccc(-c3ncc(-c4ccccc4)s3)c2)nc(-c2ccccc2)c1.Cc1ccnn1-c1cccc(Cc2ccc(-c3ccccc3)c(-c3ccccc3)n2)c1.Cc1ccnn1-c1cccc(Cc2cccc(-c3ccccn3)c2)c1.c1cc(Cc2cccc(-n3cccn3)c2)cc(-c2nccs2)c1.c1ccc(-c2cc(Cc3cccc(-c4ncc(-c5ccccc5)s4)c3)cc(-c3ccccn3)c2)cc1. The normalized spacial score (nSPS) is 11.0. The minimum atomic E-state index is -1.49. The summed E-state index contributed by atoms with van der Waals surface area (Å²) in [6.45, 7) is 11.3. The van der Waals surface area contributed by atoms with E-state index in [1.807, 2.05) is 142 Å². The zero-order chi connectivity index (χ0) is 101. The minimum Gasteiger partial charge on any atom is -0.256 e. The Kier molecular flexibility index (Phi) is 31.8. The van der Waals surface area contributed by atoms with E-state index in [0.717, 1.165) is 143 Å². The lowest BCUT2D eigenvalue weighted by molar-refractivity contribution is 0.844. The Morgan fingerprint density at radius 1 is 0.248 bits per heavy atom. The molecule has 10 heterocycles. The molecular formula is C132H109N13S3Si. The monoisotopic (exact) mass is 2000 g/mol. The highest BCUT2D eigenvalue weighted by molar-refractivity contribution is 7.18. The van der Waals surface area contributed by atoms with Gasteiger partial charge in [0, 0.05) is 141 Å². The van der Waals surface area contributed by atoms with Gasteiger partial charge in [0.25, 0.3) is 0 Å². The average Bonchev–Trinajstić information content (AvgIpc) is 1.62. The first-order valence-corrected chi connectivity index (χ1v) is 56.0. The first-order valence-electron chi connectivity index (χ1n) is 50.0. The molecule has 0 saturated heterocycles. The fraction of sp³-hybridized carbons (Fsp3) is 0.0758. The highest BCUT2D eigenvalue weighted by Gasteiger charge is 2.22. The van der Waals surface area contributed by atoms with E-state index in [1.54, 1.807) is 40.2 Å². The Morgan fingerprint density at radius 3 is 1.15 bits per heavy atom. The summed E-state index contributed by atoms with van der Waals surface area (Å²) in [5.41, 5.74) is 37.1. The molecule has 24 aromatic rings. The standard InChI is InChI=1S/C33H24N2S.C30H28N2SSi.C28H23N3.C22H19N3.C19H15N3S/c1-3-11-26(12-4-1)29-20-25(21-30(22-29)31-16-7-8-17-34-31)18-24-10-9-15-28(19-24)33-35-23-32(36-33)27-13-5-2-6-14-27;1-34(2,3)27-19-26(32-28(20-27)23-12-6-4-7-13-23)18-22-11-10-16-25(17-22)30-31-21-29(33-30)24-14-8-5-9-15-24;1-21-17-18-29-31(21)26-14-8-9-22(20-26)19-25-15-16-27(23-10-4-2-5-11-23)28(30-25)24-12-6-3-7-13-24;1-17-11-13-24-25(17)21-9-5-7-19(16-21)14-18-6-4-8-20(15-18)22-10-2-3-12-23-22;1-4-15(13-17(6-1)19-20-9-11-23-19)12-16-5-2-7-18(14-16)22-10-3-8-21-22/h1-17,19-23H,18H2;4-17,19-21H,18H2,1-3H3;2-18,20H,19H2,1H3;2-13,15-16H,14H2,1H3;1-11,13-14H,12H2. The van der Waals surface area contributed by atoms with Gasteiger partial charge in [-0.1, -0.05) is 340 Å². The maximum atomic E-state index is 5.10. The van der Waals surface area contributed by atoms with E-state index in [0.29, 0.717) is 0 Å². The van der Waals surface area contributed by atoms with Crippen LogP contribution in [0.2, 0.25) is 19.6 Å². The molecule has 0 aliphatic carbocycles. The smallest absolute Gasteiger partial charge is 0.123 e. The van der Waals surface area contributed by atoms with E-state index in [1.165, 1.54) is 98.4 Å². The van der Waals surface area contributed by atoms with Gasteiger partial charge in [-0.05, 0) is 239 Å². The number of nitrogens with zero attached hydrogens (tertiary/aromatic N) is 13. The van der Waals surface area contributed by atoms with Gasteiger partial charge in [0.15, 0.2) is 0 Å². The van der Waals surface area contributed by atoms with E-state index in [4.69, 9.17) is 19.9 Å². The Hall–Kier alpha value is -17.6. The maximum Gasteiger partial charge on any atom is 0.123 e. The van der Waals surface area contributed by atoms with Gasteiger partial charge in [-0.3, -0.25) is 19.9 Å². The Labute approximate surface area is 884 Å². The van der Waals surface area contributed by atoms with Crippen molar-refractivity contribution in [1.82, 2.24) is 64.2 Å². The second-order valence-corrected chi connectivity index (χ2v) is 45.6. The summed E-state index contributed by atoms with van der Waals surface area (Å²) in [6, 6.07) is 157. The molecule has 17 heteroatoms. The molecule has 149 heavy (non-hydrogen) atoms. The molecule has 0 spiro atoms. The van der Waals surface area contributed by atoms with Crippen LogP contribution in [-0.2, 0) is 32.1 Å². The van der Waals surface area contributed by atoms with Gasteiger partial charge in [-0.2, -0.15) is 15.3 Å². The number of aromatic nitrogens is 13. The van der Waals surface area contributed by atoms with Crippen LogP contribution >= 0.6 is 34.0 Å². The van der Waals surface area contributed by atoms with Gasteiger partial charge in [-0.15, -0.1) is 34.0 Å². The van der Waals surface area contributed by atoms with E-state index < -0.39 is 8.07 Å². The van der Waals surface area contributed by atoms with Crippen LogP contribution < -0.4 is 5.19 Å². The first kappa shape index (κ1) is 98.8. The minimum absolute atomic E-state index is 0.767. The predicted octanol–water partition coefficient (Wildman–Crippen LogP) is 32.4. The molecule has 14 aromatic carbocycles. The number of rotatable bonds is 25. The third kappa shape index (κ3) is 26.0. The van der Waals surface area contributed by atoms with Crippen molar-refractivity contribution in [2.75, 3.05) is 0 Å². The molecule has 0 radical (unpaired) electrons. The van der Waals surface area contributed by atoms with Crippen molar-refractivity contribution in [3.05, 3.63) is 577 Å². The molecule has 0 aliphatic rings. The molecule has 0 N–H and O–H groups in total. The molecule has 0 bridgehead atoms. The number of pyridine rings is 4. The zero-order valence-electron chi connectivity index (χ0n) is 83.6. The molecule has 0 fully saturated rings. The van der Waals surface area contributed by atoms with Gasteiger partial charge in [0.05, 0.1) is 57.7 Å². The molecule has 724 valence electrons. The van der Waals surface area contributed by atoms with Gasteiger partial charge in [0.2, 0.25) is 0 Å². The molecular weight excluding hydrogens is 1890 g/mol. The second-order valence-electron chi connectivity index (χ2n) is 37.5. The summed E-state index contributed by atoms with van der Waals surface area (Å²) in [5.74, 6) is 0. The third-order valence-electron chi connectivity index (χ3n) is 25.6. The molecule has 13 nitrogen and oxygen atoms in total. The average molecular weight is 2000 g/mol. The van der Waals surface area contributed by atoms with Crippen LogP contribution in [0.3, 0.4) is 0 Å². The summed E-state index contributed by atoms with van der Waals surface area (Å²) in [6.07, 6.45) is 21.1. The van der Waals surface area contributed by atoms with Crippen molar-refractivity contribution in [3.63, 3.8) is 0 Å². The van der Waals surface area contributed by atoms with Crippen molar-refractivity contribution in [1.29, 1.82) is 0 Å². The number of hydrogen-bond donors (Lipinski definition) is 0. The molecule has 10 aromatic heterocycles. The van der Waals surface area contributed by atoms with Crippen LogP contribution in [0.5, 0.6) is 0 Å². The van der Waals surface area contributed by atoms with Crippen LogP contribution in [0.4, 0.5) is 0 Å². The quantitative estimate of drug-likeness (QED) is 0.0507. The Balaban J connectivity index is 0.000000114. The van der Waals surface area contributed by atoms with Crippen molar-refractivity contribution in [3.8, 4) is 137 Å². The number of benzene rings is 14. The summed E-state index contributed by atoms with van der Waals surface area (Å²) in [5, 5.41) is 19.7. The van der Waals surface area contributed by atoms with Crippen LogP contribution in [0.15, 0.2) is 510 Å². The molecule has 0 atom stereocenters. The fourth-order valence-electron chi connectivity index (χ4n) is 18.1. The molecule has 0 saturated carbocycles. The van der Waals surface area contributed by atoms with E-state index in [2.05, 4.69) is 440 Å². The summed E-state index contributed by atoms with van der Waals surface area (Å²) < 4.78 is 5.81. The number of hydrogen-bond acceptors (Lipinski definition) is 13. The van der Waals surface area contributed by atoms with Crippen molar-refractivity contribution < 1.29 is 0 Å². The van der Waals surface area contributed by atoms with Gasteiger partial charge in [0.1, 0.15) is 15.0 Å². The summed E-state index contributed by atoms with van der Waals surface area (Å²) >= 11 is 5.14. The molecule has 24 rings (SSSR count). The third-order valence-corrected chi connectivity index (χ3v) is 30.6. The largest absolute Gasteiger partial charge is 0.256 e. The molecule has 0 aliphatic heterocycles. The van der Waals surface area contributed by atoms with Gasteiger partial charge >= 0.3 is 0 Å². The topological polar surface area (TPSA) is 144 Å². The summed E-state index contributed by atoms with van der Waals surface area (Å²) in [4.78, 5) is 35.4. The van der Waals surface area contributed by atoms with E-state index in [-0.39, 0.29) is 0 Å². The van der Waals surface area contributed by atoms with Crippen LogP contribution in [0.1, 0.15) is 67.3 Å². The van der Waals surface area contributed by atoms with Crippen molar-refractivity contribution in [2.45, 2.75) is 65.6 Å². The Morgan fingerprint density at radius 2 is 0.664 bits per heavy atom. The lowest BCUT2D eigenvalue weighted by Gasteiger charge is -2.19. The van der Waals surface area contributed by atoms with Crippen LogP contribution in [0, 0.1) is 13.8 Å². The highest BCUT2D eigenvalue weighted by Crippen LogP contribution is 2.39. The predicted molar refractivity (Wildman–Crippen MR) is 620 cm³/mol. The molecule has 0 amide bonds. The number of thiazole rings is 3. The summed E-state index contributed by atoms with van der Waals surface area (Å²) in [7, 11) is -1.49. The van der Waals surface area contributed by atoms with E-state index in [9.17, 15) is 0 Å². The first-order chi connectivity index (χ1) is 73.2. The zero-order valence-corrected chi connectivity index (χ0v) is 87.0. The second kappa shape index (κ2) is 48.0. The van der Waals surface area contributed by atoms with E-state index >= 15 is 0 Å². The van der Waals surface area contributed by atoms with Crippen molar-refractivity contribution >= 4 is 47.3 Å². The van der Waals surface area contributed by atoms with Crippen molar-refractivity contribution in [2.24, 2.45) is 0 Å². The van der Waals surface area contributed by atoms with Gasteiger partial charge < -0.3 is 0 Å². The van der Waals surface area contributed by atoms with Crippen LogP contribution in [-0.4, -0.2) is 72.3 Å². The maximum absolute atomic E-state index is 5.10. The lowest BCUT2D eigenvalue weighted by atomic mass is 9.94. The lowest BCUT2D eigenvalue weighted by Crippen LogP contribution is -2.38.